The fourth-order valence-corrected chi connectivity index (χ4v) is 5.41. The number of rotatable bonds is 4. The van der Waals surface area contributed by atoms with Crippen molar-refractivity contribution in [3.05, 3.63) is 17.3 Å². The number of carbonyl (C=O) groups is 1. The summed E-state index contributed by atoms with van der Waals surface area (Å²) in [4.78, 5) is 16.0. The first-order chi connectivity index (χ1) is 10.2. The quantitative estimate of drug-likeness (QED) is 0.914. The highest BCUT2D eigenvalue weighted by molar-refractivity contribution is 5.85. The van der Waals surface area contributed by atoms with Gasteiger partial charge in [0.25, 0.3) is 0 Å². The van der Waals surface area contributed by atoms with Crippen LogP contribution >= 0.6 is 0 Å². The third kappa shape index (κ3) is 2.11. The lowest BCUT2D eigenvalue weighted by Gasteiger charge is -2.53. The van der Waals surface area contributed by atoms with Gasteiger partial charge in [0.15, 0.2) is 5.89 Å². The molecule has 0 unspecified atom stereocenters. The maximum atomic E-state index is 11.4. The summed E-state index contributed by atoms with van der Waals surface area (Å²) in [5, 5.41) is 9.32. The molecule has 4 aliphatic carbocycles. The number of nitrogens with zero attached hydrogens (tertiary/aromatic N) is 1. The summed E-state index contributed by atoms with van der Waals surface area (Å²) in [7, 11) is 0. The monoisotopic (exact) mass is 289 g/mol. The molecule has 4 saturated carbocycles. The largest absolute Gasteiger partial charge is 0.475 e. The highest BCUT2D eigenvalue weighted by Crippen LogP contribution is 2.59. The Morgan fingerprint density at radius 2 is 1.81 bits per heavy atom. The second-order valence-corrected chi connectivity index (χ2v) is 7.34. The number of aromatic carboxylic acids is 1. The van der Waals surface area contributed by atoms with E-state index in [9.17, 15) is 9.90 Å². The molecule has 4 heteroatoms. The first-order valence-electron chi connectivity index (χ1n) is 8.38. The van der Waals surface area contributed by atoms with E-state index in [1.807, 2.05) is 6.92 Å². The van der Waals surface area contributed by atoms with Gasteiger partial charge in [-0.05, 0) is 62.2 Å². The SMILES string of the molecule is CCCc1nc(C2C3CC4CC(C3)CC2C4)oc1C(=O)O. The second-order valence-electron chi connectivity index (χ2n) is 7.34. The Kier molecular flexibility index (Phi) is 3.09. The number of oxazole rings is 1. The van der Waals surface area contributed by atoms with E-state index in [1.54, 1.807) is 0 Å². The molecule has 0 atom stereocenters. The van der Waals surface area contributed by atoms with Gasteiger partial charge < -0.3 is 9.52 Å². The molecular formula is C17H23NO3. The second kappa shape index (κ2) is 4.85. The fourth-order valence-electron chi connectivity index (χ4n) is 5.41. The Bertz CT molecular complexity index is 534. The highest BCUT2D eigenvalue weighted by Gasteiger charge is 2.50. The first-order valence-corrected chi connectivity index (χ1v) is 8.38. The van der Waals surface area contributed by atoms with Gasteiger partial charge in [-0.15, -0.1) is 0 Å². The van der Waals surface area contributed by atoms with E-state index in [2.05, 4.69) is 4.98 Å². The number of hydrogen-bond donors (Lipinski definition) is 1. The van der Waals surface area contributed by atoms with Crippen molar-refractivity contribution in [2.75, 3.05) is 0 Å². The number of hydrogen-bond acceptors (Lipinski definition) is 3. The van der Waals surface area contributed by atoms with Crippen molar-refractivity contribution in [3.63, 3.8) is 0 Å². The molecule has 0 saturated heterocycles. The summed E-state index contributed by atoms with van der Waals surface area (Å²) in [6.45, 7) is 2.04. The molecule has 4 aliphatic rings. The lowest BCUT2D eigenvalue weighted by molar-refractivity contribution is -0.0119. The Morgan fingerprint density at radius 3 is 2.33 bits per heavy atom. The maximum absolute atomic E-state index is 11.4. The summed E-state index contributed by atoms with van der Waals surface area (Å²) < 4.78 is 5.74. The van der Waals surface area contributed by atoms with Gasteiger partial charge in [-0.25, -0.2) is 9.78 Å². The van der Waals surface area contributed by atoms with Crippen LogP contribution < -0.4 is 0 Å². The predicted octanol–water partition coefficient (Wildman–Crippen LogP) is 3.87. The van der Waals surface area contributed by atoms with E-state index in [1.165, 1.54) is 32.1 Å². The Labute approximate surface area is 124 Å². The van der Waals surface area contributed by atoms with Crippen LogP contribution in [0.2, 0.25) is 0 Å². The molecule has 4 nitrogen and oxygen atoms in total. The van der Waals surface area contributed by atoms with Crippen LogP contribution in [0, 0.1) is 23.7 Å². The van der Waals surface area contributed by atoms with E-state index in [-0.39, 0.29) is 5.76 Å². The average molecular weight is 289 g/mol. The van der Waals surface area contributed by atoms with E-state index in [0.717, 1.165) is 24.1 Å². The minimum Gasteiger partial charge on any atom is -0.475 e. The Morgan fingerprint density at radius 1 is 1.19 bits per heavy atom. The van der Waals surface area contributed by atoms with Gasteiger partial charge in [0.2, 0.25) is 5.76 Å². The van der Waals surface area contributed by atoms with E-state index in [4.69, 9.17) is 4.42 Å². The summed E-state index contributed by atoms with van der Waals surface area (Å²) >= 11 is 0. The van der Waals surface area contributed by atoms with Crippen LogP contribution in [0.5, 0.6) is 0 Å². The van der Waals surface area contributed by atoms with Crippen molar-refractivity contribution in [2.45, 2.75) is 57.8 Å². The zero-order valence-corrected chi connectivity index (χ0v) is 12.5. The minimum absolute atomic E-state index is 0.0839. The molecule has 0 aliphatic heterocycles. The van der Waals surface area contributed by atoms with E-state index < -0.39 is 5.97 Å². The minimum atomic E-state index is -0.971. The van der Waals surface area contributed by atoms with Crippen molar-refractivity contribution >= 4 is 5.97 Å². The molecule has 1 N–H and O–H groups in total. The lowest BCUT2D eigenvalue weighted by Crippen LogP contribution is -2.43. The van der Waals surface area contributed by atoms with Crippen LogP contribution in [-0.2, 0) is 6.42 Å². The lowest BCUT2D eigenvalue weighted by atomic mass is 9.52. The predicted molar refractivity (Wildman–Crippen MR) is 77.2 cm³/mol. The number of carboxylic acid groups (broad SMARTS) is 1. The van der Waals surface area contributed by atoms with Crippen molar-refractivity contribution in [1.29, 1.82) is 0 Å². The van der Waals surface area contributed by atoms with Crippen molar-refractivity contribution < 1.29 is 14.3 Å². The zero-order valence-electron chi connectivity index (χ0n) is 12.5. The molecule has 0 radical (unpaired) electrons. The summed E-state index contributed by atoms with van der Waals surface area (Å²) in [5.41, 5.74) is 0.647. The number of carboxylic acids is 1. The van der Waals surface area contributed by atoms with Crippen LogP contribution in [0.3, 0.4) is 0 Å². The van der Waals surface area contributed by atoms with Crippen molar-refractivity contribution in [2.24, 2.45) is 23.7 Å². The van der Waals surface area contributed by atoms with Crippen LogP contribution in [0.25, 0.3) is 0 Å². The smallest absolute Gasteiger partial charge is 0.373 e. The fraction of sp³-hybridized carbons (Fsp3) is 0.765. The summed E-state index contributed by atoms with van der Waals surface area (Å²) in [5.74, 6) is 3.39. The van der Waals surface area contributed by atoms with Gasteiger partial charge in [-0.2, -0.15) is 0 Å². The highest BCUT2D eigenvalue weighted by atomic mass is 16.4. The molecule has 1 heterocycles. The molecule has 0 spiro atoms. The zero-order chi connectivity index (χ0) is 14.6. The average Bonchev–Trinajstić information content (AvgIpc) is 2.82. The molecule has 1 aromatic heterocycles. The van der Waals surface area contributed by atoms with Gasteiger partial charge in [0.1, 0.15) is 0 Å². The molecular weight excluding hydrogens is 266 g/mol. The molecule has 4 bridgehead atoms. The number of aryl methyl sites for hydroxylation is 1. The topological polar surface area (TPSA) is 63.3 Å². The molecule has 21 heavy (non-hydrogen) atoms. The summed E-state index contributed by atoms with van der Waals surface area (Å²) in [6, 6.07) is 0. The number of aromatic nitrogens is 1. The van der Waals surface area contributed by atoms with E-state index >= 15 is 0 Å². The normalized spacial score (nSPS) is 37.1. The third-order valence-electron chi connectivity index (χ3n) is 5.91. The first kappa shape index (κ1) is 13.4. The van der Waals surface area contributed by atoms with Crippen LogP contribution in [0.15, 0.2) is 4.42 Å². The standard InChI is InChI=1S/C17H23NO3/c1-2-3-13-15(17(19)20)21-16(18-13)14-11-5-9-4-10(7-11)8-12(14)6-9/h9-12,14H,2-8H2,1H3,(H,19,20). The molecule has 4 fully saturated rings. The van der Waals surface area contributed by atoms with Gasteiger partial charge >= 0.3 is 5.97 Å². The van der Waals surface area contributed by atoms with Crippen LogP contribution in [-0.4, -0.2) is 16.1 Å². The van der Waals surface area contributed by atoms with Crippen molar-refractivity contribution in [3.8, 4) is 0 Å². The summed E-state index contributed by atoms with van der Waals surface area (Å²) in [6.07, 6.45) is 8.20. The van der Waals surface area contributed by atoms with E-state index in [0.29, 0.717) is 29.9 Å². The van der Waals surface area contributed by atoms with Gasteiger partial charge in [-0.3, -0.25) is 0 Å². The van der Waals surface area contributed by atoms with Gasteiger partial charge in [0, 0.05) is 5.92 Å². The Balaban J connectivity index is 1.67. The van der Waals surface area contributed by atoms with Crippen LogP contribution in [0.1, 0.15) is 73.5 Å². The molecule has 1 aromatic rings. The molecule has 114 valence electrons. The molecule has 0 amide bonds. The van der Waals surface area contributed by atoms with Crippen LogP contribution in [0.4, 0.5) is 0 Å². The molecule has 0 aromatic carbocycles. The van der Waals surface area contributed by atoms with Gasteiger partial charge in [-0.1, -0.05) is 13.3 Å². The van der Waals surface area contributed by atoms with Gasteiger partial charge in [0.05, 0.1) is 5.69 Å². The molecule has 5 rings (SSSR count). The Hall–Kier alpha value is -1.32. The van der Waals surface area contributed by atoms with Crippen molar-refractivity contribution in [1.82, 2.24) is 4.98 Å². The maximum Gasteiger partial charge on any atom is 0.373 e. The third-order valence-corrected chi connectivity index (χ3v) is 5.91.